The number of aliphatic hydroxyl groups excluding tert-OH is 2. The first-order chi connectivity index (χ1) is 42.5. The Labute approximate surface area is 540 Å². The first-order valence-electron chi connectivity index (χ1n) is 40.3. The monoisotopic (exact) mass is 1210 g/mol. The third-order valence-corrected chi connectivity index (χ3v) is 19.4. The second-order valence-electron chi connectivity index (χ2n) is 28.1. The average molecular weight is 1220 g/mol. The summed E-state index contributed by atoms with van der Waals surface area (Å²) >= 11 is 0. The van der Waals surface area contributed by atoms with Crippen LogP contribution in [0.2, 0.25) is 0 Å². The fraction of sp³-hybridized carbons (Fsp3) is 0.975. The van der Waals surface area contributed by atoms with Crippen molar-refractivity contribution in [2.75, 3.05) is 13.2 Å². The van der Waals surface area contributed by atoms with Crippen molar-refractivity contribution in [1.29, 1.82) is 0 Å². The van der Waals surface area contributed by atoms with Crippen molar-refractivity contribution in [3.8, 4) is 0 Å². The third kappa shape index (κ3) is 71.9. The fourth-order valence-electron chi connectivity index (χ4n) is 13.3. The molecule has 6 heteroatoms. The van der Waals surface area contributed by atoms with Crippen LogP contribution in [0.15, 0.2) is 0 Å². The second kappa shape index (κ2) is 76.3. The van der Waals surface area contributed by atoms with Gasteiger partial charge in [-0.3, -0.25) is 9.59 Å². The molecular formula is C80H159NO5. The lowest BCUT2D eigenvalue weighted by Crippen LogP contribution is -2.45. The number of esters is 1. The first kappa shape index (κ1) is 84.9. The molecule has 6 nitrogen and oxygen atoms in total. The molecule has 0 heterocycles. The molecule has 0 radical (unpaired) electrons. The van der Waals surface area contributed by atoms with Crippen LogP contribution in [0.3, 0.4) is 0 Å². The molecule has 1 amide bonds. The summed E-state index contributed by atoms with van der Waals surface area (Å²) in [5.41, 5.74) is 0. The maximum Gasteiger partial charge on any atom is 0.305 e. The number of carbonyl (C=O) groups excluding carboxylic acids is 2. The summed E-state index contributed by atoms with van der Waals surface area (Å²) in [4.78, 5) is 24.7. The van der Waals surface area contributed by atoms with Crippen molar-refractivity contribution in [2.24, 2.45) is 0 Å². The van der Waals surface area contributed by atoms with Gasteiger partial charge in [0.15, 0.2) is 0 Å². The van der Waals surface area contributed by atoms with Gasteiger partial charge in [0.05, 0.1) is 25.4 Å². The number of hydrogen-bond donors (Lipinski definition) is 3. The maximum atomic E-state index is 12.6. The topological polar surface area (TPSA) is 95.9 Å². The molecule has 0 saturated carbocycles. The molecule has 514 valence electrons. The Hall–Kier alpha value is -1.14. The van der Waals surface area contributed by atoms with Crippen molar-refractivity contribution < 1.29 is 24.5 Å². The van der Waals surface area contributed by atoms with Crippen LogP contribution in [0.1, 0.15) is 476 Å². The van der Waals surface area contributed by atoms with E-state index in [1.807, 2.05) is 0 Å². The van der Waals surface area contributed by atoms with Crippen molar-refractivity contribution in [1.82, 2.24) is 5.32 Å². The van der Waals surface area contributed by atoms with E-state index in [2.05, 4.69) is 19.2 Å². The van der Waals surface area contributed by atoms with Gasteiger partial charge in [-0.05, 0) is 25.7 Å². The molecule has 0 aromatic heterocycles. The number of nitrogens with one attached hydrogen (secondary N) is 1. The van der Waals surface area contributed by atoms with Gasteiger partial charge in [0.25, 0.3) is 0 Å². The van der Waals surface area contributed by atoms with E-state index in [1.54, 1.807) is 0 Å². The van der Waals surface area contributed by atoms with E-state index in [0.29, 0.717) is 25.9 Å². The smallest absolute Gasteiger partial charge is 0.305 e. The van der Waals surface area contributed by atoms with Gasteiger partial charge >= 0.3 is 5.97 Å². The van der Waals surface area contributed by atoms with Crippen LogP contribution >= 0.6 is 0 Å². The molecule has 3 N–H and O–H groups in total. The standard InChI is InChI=1S/C80H159NO5/c1-3-5-7-9-11-13-15-17-19-21-22-23-31-34-37-41-44-48-52-56-60-64-68-72-78(83)77(76-82)81-79(84)73-69-65-61-57-53-49-45-42-38-35-32-29-27-25-24-26-28-30-33-36-39-43-47-51-55-59-63-67-71-75-86-80(85)74-70-66-62-58-54-50-46-40-20-18-16-14-12-10-8-6-4-2/h77-78,82-83H,3-76H2,1-2H3,(H,81,84). The number of amides is 1. The summed E-state index contributed by atoms with van der Waals surface area (Å²) in [7, 11) is 0. The minimum absolute atomic E-state index is 0.0249. The number of carbonyl (C=O) groups is 2. The van der Waals surface area contributed by atoms with Crippen LogP contribution in [0.5, 0.6) is 0 Å². The SMILES string of the molecule is CCCCCCCCCCCCCCCCCCCCCCCCCC(O)C(CO)NC(=O)CCCCCCCCCCCCCCCCCCCCCCCCCCCCCCCOC(=O)CCCCCCCCCCCCCCCCCCC. The molecule has 0 aliphatic carbocycles. The highest BCUT2D eigenvalue weighted by Gasteiger charge is 2.20. The Morgan fingerprint density at radius 1 is 0.279 bits per heavy atom. The zero-order chi connectivity index (χ0) is 62.0. The molecule has 0 bridgehead atoms. The van der Waals surface area contributed by atoms with Gasteiger partial charge in [0, 0.05) is 12.8 Å². The lowest BCUT2D eigenvalue weighted by molar-refractivity contribution is -0.143. The van der Waals surface area contributed by atoms with Crippen LogP contribution in [-0.4, -0.2) is 47.4 Å². The molecule has 0 spiro atoms. The van der Waals surface area contributed by atoms with E-state index in [9.17, 15) is 19.8 Å². The second-order valence-corrected chi connectivity index (χ2v) is 28.1. The lowest BCUT2D eigenvalue weighted by Gasteiger charge is -2.22. The predicted octanol–water partition coefficient (Wildman–Crippen LogP) is 26.5. The number of unbranched alkanes of at least 4 members (excludes halogenated alkanes) is 66. The highest BCUT2D eigenvalue weighted by atomic mass is 16.5. The van der Waals surface area contributed by atoms with Crippen LogP contribution in [0.4, 0.5) is 0 Å². The molecule has 0 aromatic carbocycles. The quantitative estimate of drug-likeness (QED) is 0.0417. The third-order valence-electron chi connectivity index (χ3n) is 19.4. The Bertz CT molecular complexity index is 1260. The van der Waals surface area contributed by atoms with E-state index < -0.39 is 12.1 Å². The molecule has 0 fully saturated rings. The normalized spacial score (nSPS) is 12.4. The molecule has 0 saturated heterocycles. The Morgan fingerprint density at radius 3 is 0.709 bits per heavy atom. The van der Waals surface area contributed by atoms with E-state index in [4.69, 9.17) is 4.74 Å². The zero-order valence-electron chi connectivity index (χ0n) is 59.1. The number of ether oxygens (including phenoxy) is 1. The summed E-state index contributed by atoms with van der Waals surface area (Å²) < 4.78 is 5.52. The van der Waals surface area contributed by atoms with E-state index >= 15 is 0 Å². The molecule has 2 atom stereocenters. The largest absolute Gasteiger partial charge is 0.466 e. The van der Waals surface area contributed by atoms with Crippen molar-refractivity contribution in [3.05, 3.63) is 0 Å². The van der Waals surface area contributed by atoms with Crippen LogP contribution < -0.4 is 5.32 Å². The fourth-order valence-corrected chi connectivity index (χ4v) is 13.3. The molecule has 0 aliphatic heterocycles. The average Bonchev–Trinajstić information content (AvgIpc) is 3.59. The van der Waals surface area contributed by atoms with Crippen LogP contribution in [0, 0.1) is 0 Å². The lowest BCUT2D eigenvalue weighted by atomic mass is 10.0. The molecule has 0 aromatic rings. The minimum Gasteiger partial charge on any atom is -0.466 e. The molecular weight excluding hydrogens is 1050 g/mol. The molecule has 86 heavy (non-hydrogen) atoms. The summed E-state index contributed by atoms with van der Waals surface area (Å²) in [6, 6.07) is -0.539. The van der Waals surface area contributed by atoms with Gasteiger partial charge in [0.2, 0.25) is 5.91 Å². The number of aliphatic hydroxyl groups is 2. The van der Waals surface area contributed by atoms with E-state index in [-0.39, 0.29) is 18.5 Å². The van der Waals surface area contributed by atoms with Gasteiger partial charge in [-0.15, -0.1) is 0 Å². The van der Waals surface area contributed by atoms with Gasteiger partial charge in [-0.1, -0.05) is 438 Å². The summed E-state index contributed by atoms with van der Waals surface area (Å²) in [5.74, 6) is 0.000317. The Balaban J connectivity index is 3.32. The van der Waals surface area contributed by atoms with Gasteiger partial charge in [0.1, 0.15) is 0 Å². The molecule has 2 unspecified atom stereocenters. The zero-order valence-corrected chi connectivity index (χ0v) is 59.1. The van der Waals surface area contributed by atoms with Crippen molar-refractivity contribution in [2.45, 2.75) is 488 Å². The van der Waals surface area contributed by atoms with Crippen molar-refractivity contribution in [3.63, 3.8) is 0 Å². The number of hydrogen-bond acceptors (Lipinski definition) is 5. The predicted molar refractivity (Wildman–Crippen MR) is 380 cm³/mol. The van der Waals surface area contributed by atoms with Gasteiger partial charge in [-0.2, -0.15) is 0 Å². The summed E-state index contributed by atoms with van der Waals surface area (Å²) in [6.45, 7) is 5.02. The molecule has 0 rings (SSSR count). The highest BCUT2D eigenvalue weighted by molar-refractivity contribution is 5.76. The van der Waals surface area contributed by atoms with Crippen molar-refractivity contribution >= 4 is 11.9 Å². The minimum atomic E-state index is -0.662. The van der Waals surface area contributed by atoms with Gasteiger partial charge in [-0.25, -0.2) is 0 Å². The maximum absolute atomic E-state index is 12.6. The van der Waals surface area contributed by atoms with E-state index in [1.165, 1.54) is 405 Å². The van der Waals surface area contributed by atoms with E-state index in [0.717, 1.165) is 38.5 Å². The summed E-state index contributed by atoms with van der Waals surface area (Å²) in [6.07, 6.45) is 94.8. The first-order valence-corrected chi connectivity index (χ1v) is 40.3. The highest BCUT2D eigenvalue weighted by Crippen LogP contribution is 2.21. The van der Waals surface area contributed by atoms with Crippen LogP contribution in [-0.2, 0) is 14.3 Å². The van der Waals surface area contributed by atoms with Crippen LogP contribution in [0.25, 0.3) is 0 Å². The summed E-state index contributed by atoms with van der Waals surface area (Å²) in [5, 5.41) is 23.5. The Kier molecular flexibility index (Phi) is 75.3. The molecule has 0 aliphatic rings. The Morgan fingerprint density at radius 2 is 0.477 bits per heavy atom. The van der Waals surface area contributed by atoms with Gasteiger partial charge < -0.3 is 20.3 Å². The number of rotatable bonds is 77.